The fourth-order valence-electron chi connectivity index (χ4n) is 4.83. The Hall–Kier alpha value is -1.46. The number of para-hydroxylation sites is 1. The van der Waals surface area contributed by atoms with Crippen LogP contribution in [-0.4, -0.2) is 51.9 Å². The molecular weight excluding hydrogens is 354 g/mol. The molecule has 5 heteroatoms. The Kier molecular flexibility index (Phi) is 5.51. The highest BCUT2D eigenvalue weighted by molar-refractivity contribution is 7.18. The molecule has 0 unspecified atom stereocenters. The van der Waals surface area contributed by atoms with Crippen LogP contribution < -0.4 is 0 Å². The van der Waals surface area contributed by atoms with Gasteiger partial charge in [0.05, 0.1) is 21.3 Å². The lowest BCUT2D eigenvalue weighted by Gasteiger charge is -2.43. The molecular formula is C22H31N3OS. The maximum absolute atomic E-state index is 13.2. The molecule has 0 saturated carbocycles. The average Bonchev–Trinajstić information content (AvgIpc) is 3.11. The Morgan fingerprint density at radius 2 is 1.78 bits per heavy atom. The number of amides is 1. The quantitative estimate of drug-likeness (QED) is 0.771. The van der Waals surface area contributed by atoms with E-state index >= 15 is 0 Å². The highest BCUT2D eigenvalue weighted by Crippen LogP contribution is 2.34. The van der Waals surface area contributed by atoms with E-state index in [1.165, 1.54) is 16.1 Å². The number of nitrogens with zero attached hydrogens (tertiary/aromatic N) is 3. The van der Waals surface area contributed by atoms with Crippen LogP contribution in [0.25, 0.3) is 10.2 Å². The van der Waals surface area contributed by atoms with E-state index in [-0.39, 0.29) is 6.04 Å². The second-order valence-corrected chi connectivity index (χ2v) is 9.44. The van der Waals surface area contributed by atoms with E-state index < -0.39 is 0 Å². The van der Waals surface area contributed by atoms with Gasteiger partial charge in [-0.3, -0.25) is 9.69 Å². The molecule has 2 fully saturated rings. The lowest BCUT2D eigenvalue weighted by Crippen LogP contribution is -2.55. The van der Waals surface area contributed by atoms with Crippen LogP contribution in [0.4, 0.5) is 0 Å². The lowest BCUT2D eigenvalue weighted by atomic mass is 9.94. The standard InChI is InChI=1S/C22H31N3OS/c1-15-7-6-8-16(2)25(15)22(26)17(3)24-13-11-18(12-14-24)21-23-19-9-4-5-10-20(19)27-21/h4-5,9-10,15-18H,6-8,11-14H2,1-3H3/t15-,16-,17-/m1/s1. The fourth-order valence-corrected chi connectivity index (χ4v) is 5.96. The van der Waals surface area contributed by atoms with Crippen LogP contribution in [-0.2, 0) is 4.79 Å². The summed E-state index contributed by atoms with van der Waals surface area (Å²) in [5.41, 5.74) is 1.12. The van der Waals surface area contributed by atoms with Gasteiger partial charge in [-0.2, -0.15) is 0 Å². The van der Waals surface area contributed by atoms with Crippen molar-refractivity contribution in [3.63, 3.8) is 0 Å². The van der Waals surface area contributed by atoms with Crippen molar-refractivity contribution >= 4 is 27.5 Å². The second-order valence-electron chi connectivity index (χ2n) is 8.38. The van der Waals surface area contributed by atoms with E-state index in [1.807, 2.05) is 11.3 Å². The van der Waals surface area contributed by atoms with Crippen molar-refractivity contribution in [2.24, 2.45) is 0 Å². The van der Waals surface area contributed by atoms with Gasteiger partial charge in [0, 0.05) is 18.0 Å². The van der Waals surface area contributed by atoms with Crippen LogP contribution in [0.2, 0.25) is 0 Å². The molecule has 27 heavy (non-hydrogen) atoms. The molecule has 4 rings (SSSR count). The number of rotatable bonds is 3. The van der Waals surface area contributed by atoms with E-state index in [2.05, 4.69) is 54.8 Å². The first-order valence-electron chi connectivity index (χ1n) is 10.5. The van der Waals surface area contributed by atoms with E-state index in [0.717, 1.165) is 44.3 Å². The molecule has 0 bridgehead atoms. The Labute approximate surface area is 166 Å². The molecule has 0 N–H and O–H groups in total. The number of hydrogen-bond acceptors (Lipinski definition) is 4. The number of piperidine rings is 2. The summed E-state index contributed by atoms with van der Waals surface area (Å²) in [6.07, 6.45) is 5.73. The summed E-state index contributed by atoms with van der Waals surface area (Å²) in [7, 11) is 0. The summed E-state index contributed by atoms with van der Waals surface area (Å²) in [6, 6.07) is 9.16. The van der Waals surface area contributed by atoms with Crippen molar-refractivity contribution in [2.45, 2.75) is 76.9 Å². The van der Waals surface area contributed by atoms with Crippen molar-refractivity contribution in [1.29, 1.82) is 0 Å². The Morgan fingerprint density at radius 3 is 2.44 bits per heavy atom. The van der Waals surface area contributed by atoms with Crippen LogP contribution in [0.15, 0.2) is 24.3 Å². The summed E-state index contributed by atoms with van der Waals surface area (Å²) >= 11 is 1.84. The van der Waals surface area contributed by atoms with E-state index in [1.54, 1.807) is 0 Å². The molecule has 0 spiro atoms. The van der Waals surface area contributed by atoms with E-state index in [4.69, 9.17) is 4.98 Å². The molecule has 2 aliphatic heterocycles. The van der Waals surface area contributed by atoms with Gasteiger partial charge in [-0.1, -0.05) is 12.1 Å². The van der Waals surface area contributed by atoms with Gasteiger partial charge >= 0.3 is 0 Å². The Morgan fingerprint density at radius 1 is 1.11 bits per heavy atom. The average molecular weight is 386 g/mol. The zero-order valence-electron chi connectivity index (χ0n) is 16.7. The summed E-state index contributed by atoms with van der Waals surface area (Å²) in [5, 5.41) is 1.27. The maximum Gasteiger partial charge on any atom is 0.240 e. The van der Waals surface area contributed by atoms with E-state index in [9.17, 15) is 4.79 Å². The zero-order chi connectivity index (χ0) is 19.0. The molecule has 1 aromatic heterocycles. The predicted molar refractivity (Wildman–Crippen MR) is 112 cm³/mol. The number of likely N-dealkylation sites (tertiary alicyclic amines) is 2. The molecule has 2 aromatic rings. The molecule has 0 aliphatic carbocycles. The Bertz CT molecular complexity index is 753. The molecule has 4 nitrogen and oxygen atoms in total. The van der Waals surface area contributed by atoms with Gasteiger partial charge in [-0.25, -0.2) is 4.98 Å². The summed E-state index contributed by atoms with van der Waals surface area (Å²) in [6.45, 7) is 8.50. The minimum Gasteiger partial charge on any atom is -0.336 e. The van der Waals surface area contributed by atoms with Crippen molar-refractivity contribution < 1.29 is 4.79 Å². The normalized spacial score (nSPS) is 26.4. The number of hydrogen-bond donors (Lipinski definition) is 0. The molecule has 2 saturated heterocycles. The molecule has 3 heterocycles. The van der Waals surface area contributed by atoms with Crippen molar-refractivity contribution in [1.82, 2.24) is 14.8 Å². The van der Waals surface area contributed by atoms with E-state index in [0.29, 0.717) is 23.9 Å². The third-order valence-electron chi connectivity index (χ3n) is 6.54. The van der Waals surface area contributed by atoms with Crippen LogP contribution >= 0.6 is 11.3 Å². The first-order valence-corrected chi connectivity index (χ1v) is 11.3. The third-order valence-corrected chi connectivity index (χ3v) is 7.74. The van der Waals surface area contributed by atoms with Gasteiger partial charge in [0.25, 0.3) is 0 Å². The predicted octanol–water partition coefficient (Wildman–Crippen LogP) is 4.65. The number of carbonyl (C=O) groups excluding carboxylic acids is 1. The molecule has 2 aliphatic rings. The highest BCUT2D eigenvalue weighted by atomic mass is 32.1. The zero-order valence-corrected chi connectivity index (χ0v) is 17.5. The monoisotopic (exact) mass is 385 g/mol. The number of benzene rings is 1. The molecule has 0 radical (unpaired) electrons. The fraction of sp³-hybridized carbons (Fsp3) is 0.636. The smallest absolute Gasteiger partial charge is 0.240 e. The summed E-state index contributed by atoms with van der Waals surface area (Å²) in [4.78, 5) is 22.6. The van der Waals surface area contributed by atoms with Gasteiger partial charge in [-0.05, 0) is 78.1 Å². The molecule has 1 amide bonds. The molecule has 3 atom stereocenters. The highest BCUT2D eigenvalue weighted by Gasteiger charge is 2.35. The van der Waals surface area contributed by atoms with Gasteiger partial charge in [0.1, 0.15) is 0 Å². The topological polar surface area (TPSA) is 36.4 Å². The Balaban J connectivity index is 1.38. The van der Waals surface area contributed by atoms with Crippen LogP contribution in [0, 0.1) is 0 Å². The number of aromatic nitrogens is 1. The third kappa shape index (κ3) is 3.77. The van der Waals surface area contributed by atoms with Crippen molar-refractivity contribution in [2.75, 3.05) is 13.1 Å². The largest absolute Gasteiger partial charge is 0.336 e. The number of fused-ring (bicyclic) bond motifs is 1. The van der Waals surface area contributed by atoms with Crippen molar-refractivity contribution in [3.05, 3.63) is 29.3 Å². The SMILES string of the molecule is C[C@H](C(=O)N1[C@H](C)CCC[C@H]1C)N1CCC(c2nc3ccccc3s2)CC1. The van der Waals surface area contributed by atoms with Crippen molar-refractivity contribution in [3.8, 4) is 0 Å². The van der Waals surface area contributed by atoms with Gasteiger partial charge in [0.2, 0.25) is 5.91 Å². The minimum atomic E-state index is -0.00989. The van der Waals surface area contributed by atoms with Gasteiger partial charge in [-0.15, -0.1) is 11.3 Å². The first-order chi connectivity index (χ1) is 13.0. The number of thiazole rings is 1. The maximum atomic E-state index is 13.2. The van der Waals surface area contributed by atoms with Gasteiger partial charge < -0.3 is 4.90 Å². The summed E-state index contributed by atoms with van der Waals surface area (Å²) < 4.78 is 1.28. The molecule has 146 valence electrons. The summed E-state index contributed by atoms with van der Waals surface area (Å²) in [5.74, 6) is 0.863. The second kappa shape index (κ2) is 7.88. The lowest BCUT2D eigenvalue weighted by molar-refractivity contribution is -0.143. The van der Waals surface area contributed by atoms with Crippen LogP contribution in [0.3, 0.4) is 0 Å². The molecule has 1 aromatic carbocycles. The van der Waals surface area contributed by atoms with Crippen LogP contribution in [0.5, 0.6) is 0 Å². The number of carbonyl (C=O) groups is 1. The first kappa shape index (κ1) is 18.9. The van der Waals surface area contributed by atoms with Gasteiger partial charge in [0.15, 0.2) is 0 Å². The van der Waals surface area contributed by atoms with Crippen LogP contribution in [0.1, 0.15) is 63.8 Å². The minimum absolute atomic E-state index is 0.00989.